The molecule has 24 heavy (non-hydrogen) atoms. The third-order valence-electron chi connectivity index (χ3n) is 4.20. The molecule has 4 rings (SSSR count). The van der Waals surface area contributed by atoms with Crippen molar-refractivity contribution in [3.05, 3.63) is 49.8 Å². The van der Waals surface area contributed by atoms with E-state index in [-0.39, 0.29) is 5.56 Å². The van der Waals surface area contributed by atoms with Crippen molar-refractivity contribution in [1.82, 2.24) is 19.6 Å². The molecular weight excluding hydrogens is 374 g/mol. The summed E-state index contributed by atoms with van der Waals surface area (Å²) in [5, 5.41) is 6.17. The number of nitrogens with one attached hydrogen (secondary N) is 2. The normalized spacial score (nSPS) is 13.2. The van der Waals surface area contributed by atoms with E-state index < -0.39 is 0 Å². The van der Waals surface area contributed by atoms with E-state index in [2.05, 4.69) is 36.3 Å². The zero-order valence-corrected chi connectivity index (χ0v) is 14.7. The molecule has 0 saturated heterocycles. The van der Waals surface area contributed by atoms with Crippen molar-refractivity contribution in [2.45, 2.75) is 25.8 Å². The molecule has 8 heteroatoms. The molecule has 0 bridgehead atoms. The van der Waals surface area contributed by atoms with Crippen molar-refractivity contribution < 1.29 is 4.74 Å². The van der Waals surface area contributed by atoms with Crippen molar-refractivity contribution >= 4 is 27.7 Å². The number of benzene rings is 1. The van der Waals surface area contributed by atoms with Gasteiger partial charge in [0.05, 0.1) is 12.8 Å². The molecule has 0 spiro atoms. The van der Waals surface area contributed by atoms with Crippen LogP contribution in [0.4, 0.5) is 5.95 Å². The van der Waals surface area contributed by atoms with Gasteiger partial charge in [-0.2, -0.15) is 9.50 Å². The van der Waals surface area contributed by atoms with Gasteiger partial charge in [0.2, 0.25) is 5.95 Å². The van der Waals surface area contributed by atoms with Crippen LogP contribution < -0.4 is 15.6 Å². The first-order valence-corrected chi connectivity index (χ1v) is 8.52. The van der Waals surface area contributed by atoms with Gasteiger partial charge in [-0.15, -0.1) is 0 Å². The van der Waals surface area contributed by atoms with Gasteiger partial charge < -0.3 is 10.1 Å². The van der Waals surface area contributed by atoms with Gasteiger partial charge in [0, 0.05) is 22.1 Å². The Morgan fingerprint density at radius 1 is 1.38 bits per heavy atom. The predicted octanol–water partition coefficient (Wildman–Crippen LogP) is 2.29. The third kappa shape index (κ3) is 2.56. The van der Waals surface area contributed by atoms with Crippen LogP contribution in [0.25, 0.3) is 5.78 Å². The van der Waals surface area contributed by atoms with Crippen LogP contribution in [0.2, 0.25) is 0 Å². The second-order valence-corrected chi connectivity index (χ2v) is 6.63. The quantitative estimate of drug-likeness (QED) is 0.714. The number of H-pyrrole nitrogens is 1. The molecule has 1 aromatic carbocycles. The largest absolute Gasteiger partial charge is 0.496 e. The molecule has 7 nitrogen and oxygen atoms in total. The number of hydrogen-bond donors (Lipinski definition) is 2. The Bertz CT molecular complexity index is 978. The Balaban J connectivity index is 1.63. The van der Waals surface area contributed by atoms with Crippen LogP contribution in [0.3, 0.4) is 0 Å². The molecule has 2 N–H and O–H groups in total. The number of rotatable bonds is 4. The van der Waals surface area contributed by atoms with Crippen LogP contribution in [0.1, 0.15) is 23.2 Å². The summed E-state index contributed by atoms with van der Waals surface area (Å²) >= 11 is 3.46. The van der Waals surface area contributed by atoms with Crippen LogP contribution in [-0.4, -0.2) is 26.7 Å². The van der Waals surface area contributed by atoms with Gasteiger partial charge in [-0.3, -0.25) is 9.89 Å². The Morgan fingerprint density at radius 2 is 2.25 bits per heavy atom. The average molecular weight is 390 g/mol. The Hall–Kier alpha value is -2.35. The molecule has 124 valence electrons. The number of halogens is 1. The summed E-state index contributed by atoms with van der Waals surface area (Å²) in [5.74, 6) is 1.70. The first kappa shape index (κ1) is 15.2. The van der Waals surface area contributed by atoms with E-state index >= 15 is 0 Å². The van der Waals surface area contributed by atoms with E-state index in [0.717, 1.165) is 46.3 Å². The number of ether oxygens (including phenoxy) is 1. The molecule has 2 heterocycles. The number of aryl methyl sites for hydroxylation is 1. The average Bonchev–Trinajstić information content (AvgIpc) is 3.20. The molecule has 1 aliphatic carbocycles. The third-order valence-corrected chi connectivity index (χ3v) is 4.70. The summed E-state index contributed by atoms with van der Waals surface area (Å²) in [5.41, 5.74) is 2.62. The SMILES string of the molecule is COc1ccc(Br)cc1CNc1nc2nc3c(c(=O)n2[nH]1)CCC3. The smallest absolute Gasteiger partial charge is 0.277 e. The first-order valence-electron chi connectivity index (χ1n) is 7.72. The fourth-order valence-electron chi connectivity index (χ4n) is 3.03. The van der Waals surface area contributed by atoms with E-state index in [1.807, 2.05) is 18.2 Å². The molecule has 0 atom stereocenters. The minimum absolute atomic E-state index is 0.0481. The summed E-state index contributed by atoms with van der Waals surface area (Å²) in [7, 11) is 1.64. The van der Waals surface area contributed by atoms with Crippen molar-refractivity contribution in [2.24, 2.45) is 0 Å². The second-order valence-electron chi connectivity index (χ2n) is 5.71. The Kier molecular flexibility index (Phi) is 3.76. The number of methoxy groups -OCH3 is 1. The monoisotopic (exact) mass is 389 g/mol. The maximum Gasteiger partial charge on any atom is 0.277 e. The molecule has 0 unspecified atom stereocenters. The lowest BCUT2D eigenvalue weighted by atomic mass is 10.2. The molecule has 0 aliphatic heterocycles. The number of fused-ring (bicyclic) bond motifs is 2. The lowest BCUT2D eigenvalue weighted by molar-refractivity contribution is 0.410. The minimum Gasteiger partial charge on any atom is -0.496 e. The summed E-state index contributed by atoms with van der Waals surface area (Å²) in [4.78, 5) is 21.3. The fraction of sp³-hybridized carbons (Fsp3) is 0.312. The van der Waals surface area contributed by atoms with Crippen LogP contribution in [0.5, 0.6) is 5.75 Å². The lowest BCUT2D eigenvalue weighted by Gasteiger charge is -2.09. The summed E-state index contributed by atoms with van der Waals surface area (Å²) in [6.07, 6.45) is 2.63. The van der Waals surface area contributed by atoms with Gasteiger partial charge in [-0.1, -0.05) is 15.9 Å². The highest BCUT2D eigenvalue weighted by molar-refractivity contribution is 9.10. The van der Waals surface area contributed by atoms with E-state index in [4.69, 9.17) is 4.74 Å². The van der Waals surface area contributed by atoms with E-state index in [0.29, 0.717) is 18.3 Å². The van der Waals surface area contributed by atoms with E-state index in [1.165, 1.54) is 4.52 Å². The van der Waals surface area contributed by atoms with Gasteiger partial charge in [0.15, 0.2) is 0 Å². The molecule has 2 aromatic heterocycles. The highest BCUT2D eigenvalue weighted by atomic mass is 79.9. The van der Waals surface area contributed by atoms with Gasteiger partial charge in [-0.25, -0.2) is 4.98 Å². The van der Waals surface area contributed by atoms with Crippen LogP contribution in [0.15, 0.2) is 27.5 Å². The second kappa shape index (κ2) is 5.94. The highest BCUT2D eigenvalue weighted by Gasteiger charge is 2.19. The number of aromatic amines is 1. The Morgan fingerprint density at radius 3 is 3.08 bits per heavy atom. The van der Waals surface area contributed by atoms with Gasteiger partial charge in [0.25, 0.3) is 11.3 Å². The predicted molar refractivity (Wildman–Crippen MR) is 93.7 cm³/mol. The first-order chi connectivity index (χ1) is 11.7. The zero-order valence-electron chi connectivity index (χ0n) is 13.1. The summed E-state index contributed by atoms with van der Waals surface area (Å²) in [6.45, 7) is 0.511. The summed E-state index contributed by atoms with van der Waals surface area (Å²) in [6, 6.07) is 5.80. The fourth-order valence-corrected chi connectivity index (χ4v) is 3.44. The van der Waals surface area contributed by atoms with E-state index in [1.54, 1.807) is 7.11 Å². The molecule has 0 saturated carbocycles. The van der Waals surface area contributed by atoms with Crippen LogP contribution in [0, 0.1) is 0 Å². The molecule has 3 aromatic rings. The highest BCUT2D eigenvalue weighted by Crippen LogP contribution is 2.23. The van der Waals surface area contributed by atoms with Crippen molar-refractivity contribution in [3.8, 4) is 5.75 Å². The Labute approximate surface area is 146 Å². The standard InChI is InChI=1S/C16H16BrN5O2/c1-24-13-6-5-10(17)7-9(13)8-18-15-20-16-19-12-4-2-3-11(12)14(23)22(16)21-15/h5-7H,2-4,8H2,1H3,(H2,18,19,20,21). The van der Waals surface area contributed by atoms with Crippen molar-refractivity contribution in [2.75, 3.05) is 12.4 Å². The topological polar surface area (TPSA) is 84.3 Å². The lowest BCUT2D eigenvalue weighted by Crippen LogP contribution is -2.20. The van der Waals surface area contributed by atoms with Gasteiger partial charge in [-0.05, 0) is 37.5 Å². The van der Waals surface area contributed by atoms with Crippen molar-refractivity contribution in [1.29, 1.82) is 0 Å². The van der Waals surface area contributed by atoms with Crippen molar-refractivity contribution in [3.63, 3.8) is 0 Å². The molecule has 0 amide bonds. The zero-order chi connectivity index (χ0) is 16.7. The maximum absolute atomic E-state index is 12.5. The number of nitrogens with zero attached hydrogens (tertiary/aromatic N) is 3. The molecule has 1 aliphatic rings. The number of anilines is 1. The molecule has 0 fully saturated rings. The van der Waals surface area contributed by atoms with Gasteiger partial charge >= 0.3 is 0 Å². The summed E-state index contributed by atoms with van der Waals surface area (Å²) < 4.78 is 7.74. The molecular formula is C16H16BrN5O2. The number of aromatic nitrogens is 4. The maximum atomic E-state index is 12.5. The minimum atomic E-state index is -0.0481. The van der Waals surface area contributed by atoms with E-state index in [9.17, 15) is 4.79 Å². The van der Waals surface area contributed by atoms with Crippen LogP contribution >= 0.6 is 15.9 Å². The molecule has 0 radical (unpaired) electrons. The van der Waals surface area contributed by atoms with Gasteiger partial charge in [0.1, 0.15) is 5.75 Å². The number of hydrogen-bond acceptors (Lipinski definition) is 5. The van der Waals surface area contributed by atoms with Crippen LogP contribution in [-0.2, 0) is 19.4 Å².